The van der Waals surface area contributed by atoms with Crippen LogP contribution in [0.25, 0.3) is 0 Å². The lowest BCUT2D eigenvalue weighted by Gasteiger charge is -2.27. The van der Waals surface area contributed by atoms with E-state index in [2.05, 4.69) is 15.6 Å². The molecule has 1 aliphatic carbocycles. The molecule has 0 aromatic carbocycles. The fourth-order valence-electron chi connectivity index (χ4n) is 1.97. The Hall–Kier alpha value is -0.940. The summed E-state index contributed by atoms with van der Waals surface area (Å²) in [5, 5.41) is 5.50. The van der Waals surface area contributed by atoms with Crippen LogP contribution in [-0.4, -0.2) is 61.5 Å². The van der Waals surface area contributed by atoms with Gasteiger partial charge in [0.05, 0.1) is 6.42 Å². The van der Waals surface area contributed by atoms with E-state index in [0.717, 1.165) is 12.8 Å². The van der Waals surface area contributed by atoms with E-state index < -0.39 is 18.2 Å². The number of aliphatic imine (C=N–C) groups is 1. The van der Waals surface area contributed by atoms with Crippen molar-refractivity contribution in [3.63, 3.8) is 0 Å². The molecule has 1 rings (SSSR count). The molecule has 148 valence electrons. The topological polar surface area (TPSA) is 66.0 Å². The first-order chi connectivity index (χ1) is 11.0. The molecule has 0 spiro atoms. The molecule has 0 heterocycles. The molecule has 0 aromatic rings. The molecule has 1 amide bonds. The second kappa shape index (κ2) is 10.3. The molecule has 0 bridgehead atoms. The number of hydrogen-bond donors (Lipinski definition) is 2. The van der Waals surface area contributed by atoms with Gasteiger partial charge in [-0.3, -0.25) is 4.99 Å². The molecule has 6 nitrogen and oxygen atoms in total. The first-order valence-electron chi connectivity index (χ1n) is 8.03. The zero-order valence-corrected chi connectivity index (χ0v) is 17.4. The lowest BCUT2D eigenvalue weighted by atomic mass is 10.2. The molecule has 1 aliphatic rings. The molecule has 0 aromatic heterocycles. The van der Waals surface area contributed by atoms with Crippen molar-refractivity contribution in [3.05, 3.63) is 0 Å². The molecule has 0 atom stereocenters. The molecule has 1 fully saturated rings. The maximum absolute atomic E-state index is 12.2. The van der Waals surface area contributed by atoms with E-state index >= 15 is 0 Å². The maximum Gasteiger partial charge on any atom is 0.410 e. The van der Waals surface area contributed by atoms with Crippen molar-refractivity contribution in [1.82, 2.24) is 15.5 Å². The molecular formula is C15H28F3IN4O2. The van der Waals surface area contributed by atoms with E-state index in [9.17, 15) is 18.0 Å². The number of guanidine groups is 1. The summed E-state index contributed by atoms with van der Waals surface area (Å²) >= 11 is 0. The minimum Gasteiger partial charge on any atom is -0.444 e. The van der Waals surface area contributed by atoms with Gasteiger partial charge in [-0.2, -0.15) is 13.2 Å². The van der Waals surface area contributed by atoms with Crippen molar-refractivity contribution in [2.75, 3.05) is 26.7 Å². The maximum atomic E-state index is 12.2. The van der Waals surface area contributed by atoms with E-state index in [-0.39, 0.29) is 48.6 Å². The van der Waals surface area contributed by atoms with E-state index in [1.807, 2.05) is 0 Å². The lowest BCUT2D eigenvalue weighted by molar-refractivity contribution is -0.132. The molecule has 0 radical (unpaired) electrons. The van der Waals surface area contributed by atoms with Crippen LogP contribution in [0, 0.1) is 0 Å². The van der Waals surface area contributed by atoms with Gasteiger partial charge in [-0.15, -0.1) is 24.0 Å². The minimum atomic E-state index is -4.20. The summed E-state index contributed by atoms with van der Waals surface area (Å²) in [6.45, 7) is 5.95. The summed E-state index contributed by atoms with van der Waals surface area (Å²) in [4.78, 5) is 17.7. The first-order valence-corrected chi connectivity index (χ1v) is 8.03. The number of alkyl halides is 3. The highest BCUT2D eigenvalue weighted by Gasteiger charge is 2.34. The number of hydrogen-bond acceptors (Lipinski definition) is 3. The second-order valence-electron chi connectivity index (χ2n) is 6.70. The van der Waals surface area contributed by atoms with Gasteiger partial charge in [0.15, 0.2) is 5.96 Å². The number of ether oxygens (including phenoxy) is 1. The number of nitrogens with one attached hydrogen (secondary N) is 2. The van der Waals surface area contributed by atoms with Crippen LogP contribution in [0.2, 0.25) is 0 Å². The number of amides is 1. The second-order valence-corrected chi connectivity index (χ2v) is 6.70. The van der Waals surface area contributed by atoms with Crippen molar-refractivity contribution in [2.45, 2.75) is 57.9 Å². The lowest BCUT2D eigenvalue weighted by Crippen LogP contribution is -2.45. The number of nitrogens with zero attached hydrogens (tertiary/aromatic N) is 2. The van der Waals surface area contributed by atoms with Crippen molar-refractivity contribution >= 4 is 36.0 Å². The van der Waals surface area contributed by atoms with E-state index in [0.29, 0.717) is 13.1 Å². The molecule has 0 unspecified atom stereocenters. The molecule has 10 heteroatoms. The first kappa shape index (κ1) is 24.1. The predicted octanol–water partition coefficient (Wildman–Crippen LogP) is 3.12. The summed E-state index contributed by atoms with van der Waals surface area (Å²) in [6.07, 6.45) is -3.62. The number of rotatable bonds is 6. The summed E-state index contributed by atoms with van der Waals surface area (Å²) < 4.78 is 41.8. The summed E-state index contributed by atoms with van der Waals surface area (Å²) in [5.74, 6) is 0.277. The van der Waals surface area contributed by atoms with Crippen LogP contribution in [0.15, 0.2) is 4.99 Å². The molecule has 0 aliphatic heterocycles. The fourth-order valence-corrected chi connectivity index (χ4v) is 1.97. The third-order valence-electron chi connectivity index (χ3n) is 3.19. The van der Waals surface area contributed by atoms with Crippen LogP contribution < -0.4 is 10.6 Å². The fraction of sp³-hybridized carbons (Fsp3) is 0.867. The Kier molecular flexibility index (Phi) is 9.88. The number of halogens is 4. The highest BCUT2D eigenvalue weighted by Crippen LogP contribution is 2.28. The standard InChI is InChI=1S/C15H27F3N4O2.HI/c1-14(2,3)24-13(23)22(11-5-6-11)10-9-21-12(19-4)20-8-7-15(16,17)18;/h11H,5-10H2,1-4H3,(H2,19,20,21);1H. The quantitative estimate of drug-likeness (QED) is 0.349. The zero-order chi connectivity index (χ0) is 18.4. The minimum absolute atomic E-state index is 0. The van der Waals surface area contributed by atoms with Crippen LogP contribution >= 0.6 is 24.0 Å². The smallest absolute Gasteiger partial charge is 0.410 e. The van der Waals surface area contributed by atoms with Crippen molar-refractivity contribution in [2.24, 2.45) is 4.99 Å². The van der Waals surface area contributed by atoms with E-state index in [4.69, 9.17) is 4.74 Å². The third kappa shape index (κ3) is 11.3. The molecule has 1 saturated carbocycles. The van der Waals surface area contributed by atoms with Crippen molar-refractivity contribution in [3.8, 4) is 0 Å². The third-order valence-corrected chi connectivity index (χ3v) is 3.19. The summed E-state index contributed by atoms with van der Waals surface area (Å²) in [5.41, 5.74) is -0.563. The van der Waals surface area contributed by atoms with Gasteiger partial charge in [-0.05, 0) is 33.6 Å². The van der Waals surface area contributed by atoms with Crippen LogP contribution in [0.4, 0.5) is 18.0 Å². The van der Waals surface area contributed by atoms with Gasteiger partial charge >= 0.3 is 12.3 Å². The average molecular weight is 480 g/mol. The van der Waals surface area contributed by atoms with Crippen molar-refractivity contribution in [1.29, 1.82) is 0 Å². The SMILES string of the molecule is CN=C(NCCN(C(=O)OC(C)(C)C)C1CC1)NCCC(F)(F)F.I. The van der Waals surface area contributed by atoms with Crippen LogP contribution in [-0.2, 0) is 4.74 Å². The van der Waals surface area contributed by atoms with Crippen LogP contribution in [0.3, 0.4) is 0 Å². The van der Waals surface area contributed by atoms with Gasteiger partial charge < -0.3 is 20.3 Å². The Morgan fingerprint density at radius 3 is 2.20 bits per heavy atom. The molecular weight excluding hydrogens is 452 g/mol. The van der Waals surface area contributed by atoms with Gasteiger partial charge in [0, 0.05) is 32.7 Å². The van der Waals surface area contributed by atoms with Gasteiger partial charge in [0.25, 0.3) is 0 Å². The average Bonchev–Trinajstić information content (AvgIpc) is 3.22. The number of carbonyl (C=O) groups excluding carboxylic acids is 1. The van der Waals surface area contributed by atoms with Crippen molar-refractivity contribution < 1.29 is 22.7 Å². The zero-order valence-electron chi connectivity index (χ0n) is 15.1. The van der Waals surface area contributed by atoms with E-state index in [1.54, 1.807) is 25.7 Å². The molecule has 25 heavy (non-hydrogen) atoms. The Bertz CT molecular complexity index is 449. The Morgan fingerprint density at radius 2 is 1.76 bits per heavy atom. The monoisotopic (exact) mass is 480 g/mol. The summed E-state index contributed by atoms with van der Waals surface area (Å²) in [6, 6.07) is 0.182. The highest BCUT2D eigenvalue weighted by atomic mass is 127. The number of carbonyl (C=O) groups is 1. The highest BCUT2D eigenvalue weighted by molar-refractivity contribution is 14.0. The molecule has 2 N–H and O–H groups in total. The normalized spacial score (nSPS) is 15.2. The Labute approximate surface area is 164 Å². The molecule has 0 saturated heterocycles. The largest absolute Gasteiger partial charge is 0.444 e. The summed E-state index contributed by atoms with van der Waals surface area (Å²) in [7, 11) is 1.48. The van der Waals surface area contributed by atoms with Crippen LogP contribution in [0.1, 0.15) is 40.0 Å². The van der Waals surface area contributed by atoms with Gasteiger partial charge in [0.2, 0.25) is 0 Å². The Balaban J connectivity index is 0.00000576. The Morgan fingerprint density at radius 1 is 1.20 bits per heavy atom. The predicted molar refractivity (Wildman–Crippen MR) is 101 cm³/mol. The van der Waals surface area contributed by atoms with Gasteiger partial charge in [-0.1, -0.05) is 0 Å². The van der Waals surface area contributed by atoms with Gasteiger partial charge in [-0.25, -0.2) is 4.79 Å². The van der Waals surface area contributed by atoms with E-state index in [1.165, 1.54) is 7.05 Å². The van der Waals surface area contributed by atoms with Crippen LogP contribution in [0.5, 0.6) is 0 Å². The van der Waals surface area contributed by atoms with Gasteiger partial charge in [0.1, 0.15) is 5.60 Å².